The molecule has 0 spiro atoms. The van der Waals surface area contributed by atoms with E-state index in [9.17, 15) is 10.2 Å². The molecular formula is C15H14N2O3. The number of fused-ring (bicyclic) bond motifs is 1. The van der Waals surface area contributed by atoms with E-state index in [1.54, 1.807) is 13.2 Å². The summed E-state index contributed by atoms with van der Waals surface area (Å²) < 4.78 is 7.07. The smallest absolute Gasteiger partial charge is 0.144 e. The molecule has 0 aliphatic rings. The lowest BCUT2D eigenvalue weighted by atomic mass is 10.2. The largest absolute Gasteiger partial charge is 0.508 e. The molecule has 3 aromatic rings. The van der Waals surface area contributed by atoms with Gasteiger partial charge in [-0.05, 0) is 24.3 Å². The summed E-state index contributed by atoms with van der Waals surface area (Å²) in [6.45, 7) is 0. The third-order valence-corrected chi connectivity index (χ3v) is 3.31. The molecule has 0 radical (unpaired) electrons. The van der Waals surface area contributed by atoms with Gasteiger partial charge in [-0.1, -0.05) is 0 Å². The van der Waals surface area contributed by atoms with Crippen molar-refractivity contribution in [2.75, 3.05) is 7.11 Å². The third-order valence-electron chi connectivity index (χ3n) is 3.31. The fraction of sp³-hybridized carbons (Fsp3) is 0.133. The molecule has 0 saturated heterocycles. The van der Waals surface area contributed by atoms with Gasteiger partial charge in [0.1, 0.15) is 23.1 Å². The van der Waals surface area contributed by atoms with Crippen molar-refractivity contribution in [3.8, 4) is 28.6 Å². The molecule has 2 aromatic carbocycles. The molecule has 2 N–H and O–H groups in total. The zero-order valence-corrected chi connectivity index (χ0v) is 11.2. The van der Waals surface area contributed by atoms with E-state index in [1.165, 1.54) is 12.1 Å². The Balaban J connectivity index is 2.23. The van der Waals surface area contributed by atoms with Gasteiger partial charge in [-0.25, -0.2) is 4.98 Å². The van der Waals surface area contributed by atoms with E-state index in [0.717, 1.165) is 16.8 Å². The summed E-state index contributed by atoms with van der Waals surface area (Å²) in [5.41, 5.74) is 2.29. The molecule has 0 aliphatic carbocycles. The van der Waals surface area contributed by atoms with Crippen LogP contribution in [0.25, 0.3) is 22.4 Å². The number of nitrogens with zero attached hydrogens (tertiary/aromatic N) is 2. The molecule has 0 bridgehead atoms. The molecule has 1 heterocycles. The van der Waals surface area contributed by atoms with Crippen LogP contribution in [0, 0.1) is 0 Å². The maximum atomic E-state index is 9.96. The molecule has 0 amide bonds. The van der Waals surface area contributed by atoms with Gasteiger partial charge in [0.05, 0.1) is 23.7 Å². The fourth-order valence-electron chi connectivity index (χ4n) is 2.26. The lowest BCUT2D eigenvalue weighted by Crippen LogP contribution is -1.92. The van der Waals surface area contributed by atoms with Crippen LogP contribution in [0.1, 0.15) is 0 Å². The second-order valence-corrected chi connectivity index (χ2v) is 4.55. The zero-order valence-electron chi connectivity index (χ0n) is 11.2. The van der Waals surface area contributed by atoms with Gasteiger partial charge in [0.25, 0.3) is 0 Å². The minimum atomic E-state index is -0.00429. The van der Waals surface area contributed by atoms with Crippen LogP contribution in [0.3, 0.4) is 0 Å². The summed E-state index contributed by atoms with van der Waals surface area (Å²) in [5, 5.41) is 19.3. The lowest BCUT2D eigenvalue weighted by molar-refractivity contribution is 0.415. The highest BCUT2D eigenvalue weighted by Crippen LogP contribution is 2.33. The summed E-state index contributed by atoms with van der Waals surface area (Å²) in [4.78, 5) is 4.52. The Morgan fingerprint density at radius 1 is 1.10 bits per heavy atom. The minimum Gasteiger partial charge on any atom is -0.508 e. The Hall–Kier alpha value is -2.69. The number of aryl methyl sites for hydroxylation is 1. The predicted octanol–water partition coefficient (Wildman–Crippen LogP) is 2.66. The molecule has 3 rings (SSSR count). The van der Waals surface area contributed by atoms with E-state index in [2.05, 4.69) is 4.98 Å². The number of phenolic OH excluding ortho intramolecular Hbond substituents is 2. The van der Waals surface area contributed by atoms with Crippen molar-refractivity contribution >= 4 is 11.0 Å². The van der Waals surface area contributed by atoms with Crippen LogP contribution < -0.4 is 4.74 Å². The summed E-state index contributed by atoms with van der Waals surface area (Å²) in [6.07, 6.45) is 0. The lowest BCUT2D eigenvalue weighted by Gasteiger charge is -2.05. The highest BCUT2D eigenvalue weighted by atomic mass is 16.5. The molecule has 1 aromatic heterocycles. The first-order chi connectivity index (χ1) is 9.60. The number of aromatic hydroxyl groups is 2. The van der Waals surface area contributed by atoms with Crippen LogP contribution in [0.5, 0.6) is 17.2 Å². The molecule has 0 aliphatic heterocycles. The standard InChI is InChI=1S/C15H14N2O3/c1-17-13-6-4-10(20-2)8-12(13)16-15(17)11-5-3-9(18)7-14(11)19/h3-8,18-19H,1-2H3. The van der Waals surface area contributed by atoms with Crippen molar-refractivity contribution in [3.05, 3.63) is 36.4 Å². The molecule has 0 atom stereocenters. The van der Waals surface area contributed by atoms with Gasteiger partial charge in [0, 0.05) is 19.2 Å². The number of hydrogen-bond acceptors (Lipinski definition) is 4. The minimum absolute atomic E-state index is 0.00429. The van der Waals surface area contributed by atoms with Crippen LogP contribution >= 0.6 is 0 Å². The average Bonchev–Trinajstić information content (AvgIpc) is 2.75. The van der Waals surface area contributed by atoms with Crippen LogP contribution in [-0.2, 0) is 7.05 Å². The first-order valence-corrected chi connectivity index (χ1v) is 6.13. The quantitative estimate of drug-likeness (QED) is 0.751. The van der Waals surface area contributed by atoms with E-state index >= 15 is 0 Å². The first-order valence-electron chi connectivity index (χ1n) is 6.13. The van der Waals surface area contributed by atoms with Gasteiger partial charge in [-0.15, -0.1) is 0 Å². The van der Waals surface area contributed by atoms with Gasteiger partial charge < -0.3 is 19.5 Å². The van der Waals surface area contributed by atoms with E-state index in [-0.39, 0.29) is 11.5 Å². The summed E-state index contributed by atoms with van der Waals surface area (Å²) in [7, 11) is 3.49. The van der Waals surface area contributed by atoms with Crippen molar-refractivity contribution in [1.82, 2.24) is 9.55 Å². The van der Waals surface area contributed by atoms with E-state index < -0.39 is 0 Å². The van der Waals surface area contributed by atoms with Crippen LogP contribution in [0.2, 0.25) is 0 Å². The number of benzene rings is 2. The Labute approximate surface area is 115 Å². The highest BCUT2D eigenvalue weighted by Gasteiger charge is 2.14. The maximum absolute atomic E-state index is 9.96. The summed E-state index contributed by atoms with van der Waals surface area (Å²) in [5.74, 6) is 1.38. The van der Waals surface area contributed by atoms with Gasteiger partial charge in [0.15, 0.2) is 0 Å². The van der Waals surface area contributed by atoms with Crippen LogP contribution in [-0.4, -0.2) is 26.9 Å². The Morgan fingerprint density at radius 3 is 2.60 bits per heavy atom. The van der Waals surface area contributed by atoms with E-state index in [0.29, 0.717) is 11.4 Å². The Kier molecular flexibility index (Phi) is 2.75. The number of hydrogen-bond donors (Lipinski definition) is 2. The van der Waals surface area contributed by atoms with Crippen LogP contribution in [0.15, 0.2) is 36.4 Å². The Morgan fingerprint density at radius 2 is 1.90 bits per heavy atom. The topological polar surface area (TPSA) is 67.5 Å². The van der Waals surface area contributed by atoms with E-state index in [1.807, 2.05) is 29.8 Å². The molecular weight excluding hydrogens is 256 g/mol. The number of imidazole rings is 1. The summed E-state index contributed by atoms with van der Waals surface area (Å²) in [6, 6.07) is 10.1. The van der Waals surface area contributed by atoms with Gasteiger partial charge in [-0.3, -0.25) is 0 Å². The van der Waals surface area contributed by atoms with Crippen LogP contribution in [0.4, 0.5) is 0 Å². The molecule has 5 nitrogen and oxygen atoms in total. The zero-order chi connectivity index (χ0) is 14.3. The normalized spacial score (nSPS) is 10.9. The maximum Gasteiger partial charge on any atom is 0.144 e. The van der Waals surface area contributed by atoms with Crippen molar-refractivity contribution in [3.63, 3.8) is 0 Å². The second-order valence-electron chi connectivity index (χ2n) is 4.55. The molecule has 5 heteroatoms. The SMILES string of the molecule is COc1ccc2c(c1)nc(-c1ccc(O)cc1O)n2C. The van der Waals surface area contributed by atoms with Gasteiger partial charge in [-0.2, -0.15) is 0 Å². The number of rotatable bonds is 2. The molecule has 0 saturated carbocycles. The Bertz CT molecular complexity index is 793. The third kappa shape index (κ3) is 1.84. The number of aromatic nitrogens is 2. The van der Waals surface area contributed by atoms with Crippen molar-refractivity contribution in [2.24, 2.45) is 7.05 Å². The van der Waals surface area contributed by atoms with Gasteiger partial charge >= 0.3 is 0 Å². The van der Waals surface area contributed by atoms with Gasteiger partial charge in [0.2, 0.25) is 0 Å². The molecule has 102 valence electrons. The number of phenols is 2. The summed E-state index contributed by atoms with van der Waals surface area (Å²) >= 11 is 0. The molecule has 20 heavy (non-hydrogen) atoms. The fourth-order valence-corrected chi connectivity index (χ4v) is 2.26. The number of ether oxygens (including phenoxy) is 1. The highest BCUT2D eigenvalue weighted by molar-refractivity contribution is 5.83. The average molecular weight is 270 g/mol. The first kappa shape index (κ1) is 12.3. The number of methoxy groups -OCH3 is 1. The van der Waals surface area contributed by atoms with E-state index in [4.69, 9.17) is 4.74 Å². The predicted molar refractivity (Wildman–Crippen MR) is 76.0 cm³/mol. The monoisotopic (exact) mass is 270 g/mol. The molecule has 0 unspecified atom stereocenters. The second kappa shape index (κ2) is 4.45. The van der Waals surface area contributed by atoms with Crippen molar-refractivity contribution in [2.45, 2.75) is 0 Å². The molecule has 0 fully saturated rings. The van der Waals surface area contributed by atoms with Crippen molar-refractivity contribution < 1.29 is 14.9 Å². The van der Waals surface area contributed by atoms with Crippen molar-refractivity contribution in [1.29, 1.82) is 0 Å².